The molecular weight excluding hydrogens is 466 g/mol. The number of aromatic amines is 1. The fourth-order valence-electron chi connectivity index (χ4n) is 5.22. The van der Waals surface area contributed by atoms with Gasteiger partial charge in [-0.25, -0.2) is 0 Å². The predicted molar refractivity (Wildman–Crippen MR) is 144 cm³/mol. The molecular formula is C29H25N5OS. The van der Waals surface area contributed by atoms with Crippen molar-refractivity contribution in [3.63, 3.8) is 0 Å². The summed E-state index contributed by atoms with van der Waals surface area (Å²) in [5.41, 5.74) is 6.51. The molecule has 2 aliphatic rings. The highest BCUT2D eigenvalue weighted by Crippen LogP contribution is 2.43. The Hall–Kier alpha value is -3.84. The molecule has 3 aromatic carbocycles. The summed E-state index contributed by atoms with van der Waals surface area (Å²) in [4.78, 5) is 19.1. The molecule has 7 rings (SSSR count). The number of rotatable bonds is 5. The minimum absolute atomic E-state index is 0.0563. The van der Waals surface area contributed by atoms with Crippen molar-refractivity contribution in [1.82, 2.24) is 19.7 Å². The van der Waals surface area contributed by atoms with Crippen LogP contribution in [0.5, 0.6) is 0 Å². The van der Waals surface area contributed by atoms with Gasteiger partial charge >= 0.3 is 0 Å². The van der Waals surface area contributed by atoms with Crippen molar-refractivity contribution in [3.8, 4) is 11.4 Å². The van der Waals surface area contributed by atoms with Crippen LogP contribution in [0.25, 0.3) is 22.3 Å². The Morgan fingerprint density at radius 3 is 2.28 bits per heavy atom. The largest absolute Gasteiger partial charge is 0.360 e. The Labute approximate surface area is 213 Å². The van der Waals surface area contributed by atoms with Crippen molar-refractivity contribution in [2.45, 2.75) is 36.9 Å². The maximum absolute atomic E-state index is 13.8. The van der Waals surface area contributed by atoms with E-state index in [0.29, 0.717) is 11.8 Å². The van der Waals surface area contributed by atoms with E-state index in [2.05, 4.69) is 68.3 Å². The number of nitrogens with zero attached hydrogens (tertiary/aromatic N) is 4. The maximum atomic E-state index is 13.8. The number of hydrogen-bond acceptors (Lipinski definition) is 4. The van der Waals surface area contributed by atoms with E-state index in [1.165, 1.54) is 22.9 Å². The van der Waals surface area contributed by atoms with Gasteiger partial charge < -0.3 is 4.98 Å². The highest BCUT2D eigenvalue weighted by molar-refractivity contribution is 7.99. The molecule has 1 aliphatic heterocycles. The van der Waals surface area contributed by atoms with E-state index in [0.717, 1.165) is 64.5 Å². The third-order valence-electron chi connectivity index (χ3n) is 7.11. The fourth-order valence-corrected chi connectivity index (χ4v) is 6.07. The van der Waals surface area contributed by atoms with E-state index in [1.807, 2.05) is 35.4 Å². The van der Waals surface area contributed by atoms with Crippen molar-refractivity contribution in [3.05, 3.63) is 90.1 Å². The van der Waals surface area contributed by atoms with E-state index < -0.39 is 0 Å². The van der Waals surface area contributed by atoms with Gasteiger partial charge in [0.2, 0.25) is 5.91 Å². The fraction of sp³-hybridized carbons (Fsp3) is 0.207. The molecule has 6 nitrogen and oxygen atoms in total. The van der Waals surface area contributed by atoms with E-state index in [-0.39, 0.29) is 5.91 Å². The first-order chi connectivity index (χ1) is 17.8. The lowest BCUT2D eigenvalue weighted by atomic mass is 10.0. The number of anilines is 2. The molecule has 0 spiro atoms. The van der Waals surface area contributed by atoms with Gasteiger partial charge in [0.15, 0.2) is 11.0 Å². The molecule has 1 aliphatic carbocycles. The number of aryl methyl sites for hydroxylation is 2. The molecule has 7 heteroatoms. The van der Waals surface area contributed by atoms with Crippen LogP contribution in [0.15, 0.2) is 84.1 Å². The lowest BCUT2D eigenvalue weighted by Crippen LogP contribution is -2.28. The van der Waals surface area contributed by atoms with Crippen molar-refractivity contribution in [2.24, 2.45) is 0 Å². The zero-order valence-electron chi connectivity index (χ0n) is 19.7. The van der Waals surface area contributed by atoms with Gasteiger partial charge in [-0.1, -0.05) is 66.4 Å². The topological polar surface area (TPSA) is 66.8 Å². The normalized spacial score (nSPS) is 14.9. The first-order valence-electron chi connectivity index (χ1n) is 12.4. The van der Waals surface area contributed by atoms with Crippen LogP contribution in [0.1, 0.15) is 30.0 Å². The highest BCUT2D eigenvalue weighted by atomic mass is 32.2. The van der Waals surface area contributed by atoms with Gasteiger partial charge in [-0.15, -0.1) is 10.2 Å². The summed E-state index contributed by atoms with van der Waals surface area (Å²) in [6.45, 7) is 0. The van der Waals surface area contributed by atoms with E-state index in [4.69, 9.17) is 0 Å². The monoisotopic (exact) mass is 491 g/mol. The molecule has 1 saturated carbocycles. The zero-order chi connectivity index (χ0) is 24.1. The van der Waals surface area contributed by atoms with Gasteiger partial charge in [0.1, 0.15) is 0 Å². The van der Waals surface area contributed by atoms with E-state index >= 15 is 0 Å². The molecule has 1 fully saturated rings. The van der Waals surface area contributed by atoms with Crippen LogP contribution in [0.4, 0.5) is 11.4 Å². The summed E-state index contributed by atoms with van der Waals surface area (Å²) in [6.07, 6.45) is 6.09. The summed E-state index contributed by atoms with van der Waals surface area (Å²) in [7, 11) is 0. The van der Waals surface area contributed by atoms with Crippen molar-refractivity contribution in [1.29, 1.82) is 0 Å². The first-order valence-corrected chi connectivity index (χ1v) is 13.4. The summed E-state index contributed by atoms with van der Waals surface area (Å²) in [5.74, 6) is 1.22. The van der Waals surface area contributed by atoms with E-state index in [1.54, 1.807) is 0 Å². The molecule has 178 valence electrons. The molecule has 2 aromatic heterocycles. The summed E-state index contributed by atoms with van der Waals surface area (Å²) >= 11 is 1.48. The molecule has 0 bridgehead atoms. The van der Waals surface area contributed by atoms with Crippen LogP contribution in [-0.2, 0) is 17.6 Å². The second-order valence-corrected chi connectivity index (χ2v) is 10.4. The number of hydrogen-bond donors (Lipinski definition) is 1. The zero-order valence-corrected chi connectivity index (χ0v) is 20.5. The van der Waals surface area contributed by atoms with Gasteiger partial charge in [-0.3, -0.25) is 14.3 Å². The van der Waals surface area contributed by atoms with Crippen LogP contribution in [0.2, 0.25) is 0 Å². The van der Waals surface area contributed by atoms with Crippen LogP contribution < -0.4 is 4.90 Å². The number of fused-ring (bicyclic) bond motifs is 3. The number of benzene rings is 3. The minimum Gasteiger partial charge on any atom is -0.360 e. The van der Waals surface area contributed by atoms with Crippen LogP contribution in [0.3, 0.4) is 0 Å². The number of carbonyl (C=O) groups is 1. The van der Waals surface area contributed by atoms with Crippen LogP contribution in [0, 0.1) is 0 Å². The maximum Gasteiger partial charge on any atom is 0.242 e. The summed E-state index contributed by atoms with van der Waals surface area (Å²) in [6, 6.07) is 25.1. The molecule has 0 saturated heterocycles. The summed E-state index contributed by atoms with van der Waals surface area (Å²) in [5, 5.41) is 11.1. The summed E-state index contributed by atoms with van der Waals surface area (Å²) < 4.78 is 2.23. The van der Waals surface area contributed by atoms with E-state index in [9.17, 15) is 4.79 Å². The average Bonchev–Trinajstić information content (AvgIpc) is 3.57. The highest BCUT2D eigenvalue weighted by Gasteiger charge is 2.32. The molecule has 1 N–H and O–H groups in total. The van der Waals surface area contributed by atoms with Gasteiger partial charge in [0.05, 0.1) is 17.1 Å². The van der Waals surface area contributed by atoms with Crippen LogP contribution >= 0.6 is 11.8 Å². The lowest BCUT2D eigenvalue weighted by Gasteiger charge is -2.25. The van der Waals surface area contributed by atoms with Gasteiger partial charge in [0, 0.05) is 28.7 Å². The third kappa shape index (κ3) is 3.62. The number of H-pyrrole nitrogens is 1. The number of aromatic nitrogens is 4. The molecule has 0 radical (unpaired) electrons. The molecule has 36 heavy (non-hydrogen) atoms. The quantitative estimate of drug-likeness (QED) is 0.292. The van der Waals surface area contributed by atoms with Crippen molar-refractivity contribution in [2.75, 3.05) is 10.7 Å². The SMILES string of the molecule is O=C(CSc1nnc(-c2c[nH]c3ccccc23)n1C1CC1)N1c2ccccc2CCc2ccccc21. The molecule has 0 unspecified atom stereocenters. The first kappa shape index (κ1) is 21.4. The molecule has 5 aromatic rings. The van der Waals surface area contributed by atoms with Gasteiger partial charge in [0.25, 0.3) is 0 Å². The Bertz CT molecular complexity index is 1550. The predicted octanol–water partition coefficient (Wildman–Crippen LogP) is 6.32. The number of nitrogens with one attached hydrogen (secondary N) is 1. The van der Waals surface area contributed by atoms with Crippen LogP contribution in [-0.4, -0.2) is 31.4 Å². The van der Waals surface area contributed by atoms with Crippen molar-refractivity contribution >= 4 is 39.9 Å². The average molecular weight is 492 g/mol. The van der Waals surface area contributed by atoms with Gasteiger partial charge in [-0.2, -0.15) is 0 Å². The third-order valence-corrected chi connectivity index (χ3v) is 8.04. The Morgan fingerprint density at radius 2 is 1.56 bits per heavy atom. The molecule has 3 heterocycles. The lowest BCUT2D eigenvalue weighted by molar-refractivity contribution is -0.115. The second kappa shape index (κ2) is 8.68. The second-order valence-electron chi connectivity index (χ2n) is 9.43. The number of carbonyl (C=O) groups excluding carboxylic acids is 1. The number of thioether (sulfide) groups is 1. The number of amides is 1. The standard InChI is InChI=1S/C29H25N5OS/c35-27(34-25-11-5-1-7-19(25)13-14-20-8-2-6-12-26(20)34)18-36-29-32-31-28(33(29)21-15-16-21)23-17-30-24-10-4-3-9-22(23)24/h1-12,17,21,30H,13-16,18H2. The smallest absolute Gasteiger partial charge is 0.242 e. The Kier molecular flexibility index (Phi) is 5.17. The Morgan fingerprint density at radius 1 is 0.889 bits per heavy atom. The van der Waals surface area contributed by atoms with Gasteiger partial charge in [-0.05, 0) is 55.0 Å². The van der Waals surface area contributed by atoms with Crippen molar-refractivity contribution < 1.29 is 4.79 Å². The molecule has 0 atom stereocenters. The minimum atomic E-state index is 0.0563. The molecule has 1 amide bonds. The Balaban J connectivity index is 1.22. The number of para-hydroxylation sites is 3.